The number of anilines is 1. The number of benzene rings is 1. The summed E-state index contributed by atoms with van der Waals surface area (Å²) in [7, 11) is 0. The molecule has 0 fully saturated rings. The number of rotatable bonds is 2. The third-order valence-corrected chi connectivity index (χ3v) is 4.51. The van der Waals surface area contributed by atoms with Crippen LogP contribution in [0.3, 0.4) is 0 Å². The molecule has 2 aromatic heterocycles. The number of nitrogens with one attached hydrogen (secondary N) is 2. The van der Waals surface area contributed by atoms with E-state index in [0.29, 0.717) is 0 Å². The Kier molecular flexibility index (Phi) is 2.89. The fourth-order valence-electron chi connectivity index (χ4n) is 2.68. The number of aromatic amines is 1. The largest absolute Gasteiger partial charge is 0.367 e. The maximum atomic E-state index is 4.60. The zero-order valence-corrected chi connectivity index (χ0v) is 12.5. The molecule has 0 bridgehead atoms. The second-order valence-electron chi connectivity index (χ2n) is 5.13. The van der Waals surface area contributed by atoms with Crippen LogP contribution in [0.1, 0.15) is 16.1 Å². The highest BCUT2D eigenvalue weighted by Crippen LogP contribution is 2.35. The number of hydrogen-bond donors (Lipinski definition) is 2. The molecular formula is C17H15N3S. The van der Waals surface area contributed by atoms with Gasteiger partial charge in [-0.15, -0.1) is 11.3 Å². The van der Waals surface area contributed by atoms with Gasteiger partial charge in [0.05, 0.1) is 10.7 Å². The summed E-state index contributed by atoms with van der Waals surface area (Å²) in [4.78, 5) is 7.92. The van der Waals surface area contributed by atoms with Gasteiger partial charge in [0.1, 0.15) is 5.82 Å². The molecule has 0 spiro atoms. The van der Waals surface area contributed by atoms with Gasteiger partial charge in [-0.05, 0) is 24.1 Å². The van der Waals surface area contributed by atoms with Gasteiger partial charge in [0, 0.05) is 29.2 Å². The molecule has 0 saturated heterocycles. The Balaban J connectivity index is 1.81. The number of nitrogens with zero attached hydrogens (tertiary/aromatic N) is 1. The summed E-state index contributed by atoms with van der Waals surface area (Å²) in [6.45, 7) is 2.88. The predicted molar refractivity (Wildman–Crippen MR) is 89.4 cm³/mol. The zero-order valence-electron chi connectivity index (χ0n) is 11.7. The van der Waals surface area contributed by atoms with Crippen molar-refractivity contribution < 1.29 is 0 Å². The first kappa shape index (κ1) is 12.4. The molecule has 0 radical (unpaired) electrons. The second-order valence-corrected chi connectivity index (χ2v) is 6.19. The smallest absolute Gasteiger partial charge is 0.111 e. The Morgan fingerprint density at radius 3 is 2.81 bits per heavy atom. The quantitative estimate of drug-likeness (QED) is 0.734. The molecular weight excluding hydrogens is 278 g/mol. The Hall–Kier alpha value is -2.33. The highest BCUT2D eigenvalue weighted by Gasteiger charge is 2.18. The van der Waals surface area contributed by atoms with Crippen LogP contribution < -0.4 is 5.32 Å². The molecule has 21 heavy (non-hydrogen) atoms. The van der Waals surface area contributed by atoms with E-state index in [1.165, 1.54) is 16.7 Å². The van der Waals surface area contributed by atoms with Crippen molar-refractivity contribution in [2.45, 2.75) is 6.92 Å². The molecule has 104 valence electrons. The molecule has 0 unspecified atom stereocenters. The van der Waals surface area contributed by atoms with Crippen molar-refractivity contribution in [3.05, 3.63) is 58.0 Å². The Labute approximate surface area is 127 Å². The van der Waals surface area contributed by atoms with Crippen molar-refractivity contribution in [2.24, 2.45) is 0 Å². The molecule has 3 aromatic rings. The van der Waals surface area contributed by atoms with E-state index in [-0.39, 0.29) is 0 Å². The molecule has 3 nitrogen and oxygen atoms in total. The van der Waals surface area contributed by atoms with E-state index >= 15 is 0 Å². The molecule has 4 heteroatoms. The average Bonchev–Trinajstić information content (AvgIpc) is 3.13. The first-order chi connectivity index (χ1) is 10.3. The predicted octanol–water partition coefficient (Wildman–Crippen LogP) is 4.41. The van der Waals surface area contributed by atoms with Crippen LogP contribution in [-0.2, 0) is 0 Å². The molecule has 0 amide bonds. The van der Waals surface area contributed by atoms with Crippen LogP contribution in [0.2, 0.25) is 0 Å². The minimum atomic E-state index is 0.840. The summed E-state index contributed by atoms with van der Waals surface area (Å²) < 4.78 is 0. The highest BCUT2D eigenvalue weighted by molar-refractivity contribution is 7.09. The fourth-order valence-corrected chi connectivity index (χ4v) is 3.29. The van der Waals surface area contributed by atoms with Gasteiger partial charge in [0.25, 0.3) is 0 Å². The average molecular weight is 293 g/mol. The van der Waals surface area contributed by atoms with Crippen LogP contribution in [0, 0.1) is 6.92 Å². The standard InChI is InChI=1S/C17H15N3S/c1-11-20-16(10-21-11)15-9-19-17-14(15)7-13(8-18-17)12-5-3-2-4-6-12/h2-7,9-10,18-19H,8H2,1H3. The molecule has 3 heterocycles. The van der Waals surface area contributed by atoms with Crippen LogP contribution in [-0.4, -0.2) is 16.5 Å². The topological polar surface area (TPSA) is 40.7 Å². The molecule has 1 aliphatic heterocycles. The van der Waals surface area contributed by atoms with Crippen molar-refractivity contribution >= 4 is 28.8 Å². The van der Waals surface area contributed by atoms with Crippen LogP contribution in [0.4, 0.5) is 5.82 Å². The van der Waals surface area contributed by atoms with Crippen LogP contribution in [0.5, 0.6) is 0 Å². The van der Waals surface area contributed by atoms with Crippen molar-refractivity contribution in [2.75, 3.05) is 11.9 Å². The second kappa shape index (κ2) is 4.90. The molecule has 4 rings (SSSR count). The third kappa shape index (κ3) is 2.17. The van der Waals surface area contributed by atoms with Crippen LogP contribution in [0.15, 0.2) is 41.9 Å². The Morgan fingerprint density at radius 1 is 1.19 bits per heavy atom. The van der Waals surface area contributed by atoms with E-state index in [4.69, 9.17) is 0 Å². The highest BCUT2D eigenvalue weighted by atomic mass is 32.1. The van der Waals surface area contributed by atoms with Gasteiger partial charge in [-0.3, -0.25) is 0 Å². The van der Waals surface area contributed by atoms with Gasteiger partial charge in [0.15, 0.2) is 0 Å². The van der Waals surface area contributed by atoms with Gasteiger partial charge < -0.3 is 10.3 Å². The normalized spacial score (nSPS) is 13.5. The van der Waals surface area contributed by atoms with Gasteiger partial charge in [-0.1, -0.05) is 30.3 Å². The number of fused-ring (bicyclic) bond motifs is 1. The number of aryl methyl sites for hydroxylation is 1. The third-order valence-electron chi connectivity index (χ3n) is 3.73. The van der Waals surface area contributed by atoms with Gasteiger partial charge in [0.2, 0.25) is 0 Å². The van der Waals surface area contributed by atoms with E-state index in [1.54, 1.807) is 11.3 Å². The fraction of sp³-hybridized carbons (Fsp3) is 0.118. The van der Waals surface area contributed by atoms with Crippen LogP contribution in [0.25, 0.3) is 22.9 Å². The van der Waals surface area contributed by atoms with E-state index in [9.17, 15) is 0 Å². The van der Waals surface area contributed by atoms with Crippen molar-refractivity contribution in [1.29, 1.82) is 0 Å². The lowest BCUT2D eigenvalue weighted by Crippen LogP contribution is -2.09. The minimum Gasteiger partial charge on any atom is -0.367 e. The van der Waals surface area contributed by atoms with E-state index in [0.717, 1.165) is 28.6 Å². The van der Waals surface area contributed by atoms with E-state index < -0.39 is 0 Å². The SMILES string of the molecule is Cc1nc(-c2c[nH]c3c2C=C(c2ccccc2)CN3)cs1. The molecule has 1 aliphatic rings. The van der Waals surface area contributed by atoms with E-state index in [1.807, 2.05) is 19.2 Å². The van der Waals surface area contributed by atoms with Crippen molar-refractivity contribution in [1.82, 2.24) is 9.97 Å². The summed E-state index contributed by atoms with van der Waals surface area (Å²) >= 11 is 1.68. The summed E-state index contributed by atoms with van der Waals surface area (Å²) in [5, 5.41) is 6.67. The first-order valence-corrected chi connectivity index (χ1v) is 7.83. The monoisotopic (exact) mass is 293 g/mol. The zero-order chi connectivity index (χ0) is 14.2. The maximum Gasteiger partial charge on any atom is 0.111 e. The lowest BCUT2D eigenvalue weighted by atomic mass is 9.99. The van der Waals surface area contributed by atoms with Crippen molar-refractivity contribution in [3.8, 4) is 11.3 Å². The van der Waals surface area contributed by atoms with E-state index in [2.05, 4.69) is 51.0 Å². The molecule has 0 aliphatic carbocycles. The van der Waals surface area contributed by atoms with Crippen molar-refractivity contribution in [3.63, 3.8) is 0 Å². The van der Waals surface area contributed by atoms with Crippen LogP contribution >= 0.6 is 11.3 Å². The molecule has 1 aromatic carbocycles. The molecule has 0 saturated carbocycles. The Bertz CT molecular complexity index is 812. The van der Waals surface area contributed by atoms with Gasteiger partial charge in [-0.2, -0.15) is 0 Å². The minimum absolute atomic E-state index is 0.840. The number of H-pyrrole nitrogens is 1. The number of thiazole rings is 1. The lowest BCUT2D eigenvalue weighted by Gasteiger charge is -2.16. The number of aromatic nitrogens is 2. The lowest BCUT2D eigenvalue weighted by molar-refractivity contribution is 1.26. The van der Waals surface area contributed by atoms with Gasteiger partial charge in [-0.25, -0.2) is 4.98 Å². The summed E-state index contributed by atoms with van der Waals surface area (Å²) in [5.41, 5.74) is 5.97. The van der Waals surface area contributed by atoms with Gasteiger partial charge >= 0.3 is 0 Å². The first-order valence-electron chi connectivity index (χ1n) is 6.95. The molecule has 0 atom stereocenters. The Morgan fingerprint density at radius 2 is 2.05 bits per heavy atom. The summed E-state index contributed by atoms with van der Waals surface area (Å²) in [6, 6.07) is 10.5. The molecule has 2 N–H and O–H groups in total. The number of hydrogen-bond acceptors (Lipinski definition) is 3. The summed E-state index contributed by atoms with van der Waals surface area (Å²) in [5.74, 6) is 1.08. The summed E-state index contributed by atoms with van der Waals surface area (Å²) in [6.07, 6.45) is 4.30. The maximum absolute atomic E-state index is 4.60.